The Labute approximate surface area is 121 Å². The third-order valence-corrected chi connectivity index (χ3v) is 3.66. The van der Waals surface area contributed by atoms with E-state index >= 15 is 0 Å². The lowest BCUT2D eigenvalue weighted by atomic mass is 10.0. The number of hydrogen-bond donors (Lipinski definition) is 2. The predicted octanol–water partition coefficient (Wildman–Crippen LogP) is 3.52. The van der Waals surface area contributed by atoms with Crippen molar-refractivity contribution in [1.29, 1.82) is 0 Å². The summed E-state index contributed by atoms with van der Waals surface area (Å²) in [4.78, 5) is 0. The Kier molecular flexibility index (Phi) is 5.33. The number of rotatable bonds is 6. The van der Waals surface area contributed by atoms with Crippen molar-refractivity contribution < 1.29 is 5.11 Å². The maximum absolute atomic E-state index is 9.25. The SMILES string of the molecule is Cc1ccc(C)c(CNC(CCO)c2ccccc2)c1. The molecule has 2 N–H and O–H groups in total. The van der Waals surface area contributed by atoms with Gasteiger partial charge in [-0.05, 0) is 37.0 Å². The van der Waals surface area contributed by atoms with Crippen molar-refractivity contribution in [3.8, 4) is 0 Å². The number of nitrogens with one attached hydrogen (secondary N) is 1. The van der Waals surface area contributed by atoms with Gasteiger partial charge in [-0.3, -0.25) is 0 Å². The number of hydrogen-bond acceptors (Lipinski definition) is 2. The summed E-state index contributed by atoms with van der Waals surface area (Å²) >= 11 is 0. The second-order valence-corrected chi connectivity index (χ2v) is 5.29. The molecule has 0 saturated carbocycles. The third-order valence-electron chi connectivity index (χ3n) is 3.66. The van der Waals surface area contributed by atoms with Crippen LogP contribution in [-0.2, 0) is 6.54 Å². The Morgan fingerprint density at radius 3 is 2.50 bits per heavy atom. The molecular weight excluding hydrogens is 246 g/mol. The topological polar surface area (TPSA) is 32.3 Å². The first-order valence-electron chi connectivity index (χ1n) is 7.16. The van der Waals surface area contributed by atoms with Gasteiger partial charge in [-0.1, -0.05) is 54.1 Å². The molecule has 0 amide bonds. The molecular formula is C18H23NO. The fraction of sp³-hybridized carbons (Fsp3) is 0.333. The van der Waals surface area contributed by atoms with Crippen LogP contribution in [0.15, 0.2) is 48.5 Å². The van der Waals surface area contributed by atoms with Crippen LogP contribution in [-0.4, -0.2) is 11.7 Å². The largest absolute Gasteiger partial charge is 0.396 e. The van der Waals surface area contributed by atoms with Crippen LogP contribution in [0.25, 0.3) is 0 Å². The van der Waals surface area contributed by atoms with Crippen molar-refractivity contribution in [2.24, 2.45) is 0 Å². The molecule has 0 bridgehead atoms. The average Bonchev–Trinajstić information content (AvgIpc) is 2.47. The van der Waals surface area contributed by atoms with E-state index < -0.39 is 0 Å². The first kappa shape index (κ1) is 14.8. The first-order chi connectivity index (χ1) is 9.70. The van der Waals surface area contributed by atoms with Crippen LogP contribution < -0.4 is 5.32 Å². The van der Waals surface area contributed by atoms with Gasteiger partial charge in [0.25, 0.3) is 0 Å². The minimum atomic E-state index is 0.194. The van der Waals surface area contributed by atoms with Crippen molar-refractivity contribution in [3.63, 3.8) is 0 Å². The molecule has 106 valence electrons. The molecule has 0 aromatic heterocycles. The summed E-state index contributed by atoms with van der Waals surface area (Å²) in [6.07, 6.45) is 0.731. The molecule has 1 atom stereocenters. The van der Waals surface area contributed by atoms with Gasteiger partial charge in [0.1, 0.15) is 0 Å². The first-order valence-corrected chi connectivity index (χ1v) is 7.16. The van der Waals surface area contributed by atoms with E-state index in [1.54, 1.807) is 0 Å². The van der Waals surface area contributed by atoms with E-state index in [0.717, 1.165) is 13.0 Å². The second kappa shape index (κ2) is 7.22. The van der Waals surface area contributed by atoms with Gasteiger partial charge in [0, 0.05) is 19.2 Å². The Hall–Kier alpha value is -1.64. The summed E-state index contributed by atoms with van der Waals surface area (Å²) in [5.41, 5.74) is 5.14. The molecule has 0 saturated heterocycles. The molecule has 0 radical (unpaired) electrons. The van der Waals surface area contributed by atoms with Crippen LogP contribution in [0.4, 0.5) is 0 Å². The van der Waals surface area contributed by atoms with Gasteiger partial charge >= 0.3 is 0 Å². The van der Waals surface area contributed by atoms with Crippen molar-refractivity contribution in [3.05, 3.63) is 70.8 Å². The lowest BCUT2D eigenvalue weighted by Gasteiger charge is -2.19. The third kappa shape index (κ3) is 3.92. The van der Waals surface area contributed by atoms with Crippen LogP contribution in [0, 0.1) is 13.8 Å². The summed E-state index contributed by atoms with van der Waals surface area (Å²) in [7, 11) is 0. The zero-order valence-electron chi connectivity index (χ0n) is 12.3. The van der Waals surface area contributed by atoms with Gasteiger partial charge in [-0.2, -0.15) is 0 Å². The summed E-state index contributed by atoms with van der Waals surface area (Å²) < 4.78 is 0. The van der Waals surface area contributed by atoms with E-state index in [9.17, 15) is 5.11 Å². The smallest absolute Gasteiger partial charge is 0.0449 e. The standard InChI is InChI=1S/C18H23NO/c1-14-8-9-15(2)17(12-14)13-19-18(10-11-20)16-6-4-3-5-7-16/h3-9,12,18-20H,10-11,13H2,1-2H3. The lowest BCUT2D eigenvalue weighted by Crippen LogP contribution is -2.22. The zero-order chi connectivity index (χ0) is 14.4. The van der Waals surface area contributed by atoms with Crippen LogP contribution in [0.2, 0.25) is 0 Å². The molecule has 0 aliphatic rings. The van der Waals surface area contributed by atoms with E-state index in [2.05, 4.69) is 49.5 Å². The molecule has 0 aliphatic heterocycles. The lowest BCUT2D eigenvalue weighted by molar-refractivity contribution is 0.265. The number of benzene rings is 2. The molecule has 0 fully saturated rings. The van der Waals surface area contributed by atoms with E-state index in [1.807, 2.05) is 18.2 Å². The van der Waals surface area contributed by atoms with Gasteiger partial charge in [0.05, 0.1) is 0 Å². The molecule has 0 heterocycles. The van der Waals surface area contributed by atoms with Crippen molar-refractivity contribution in [2.45, 2.75) is 32.9 Å². The second-order valence-electron chi connectivity index (χ2n) is 5.29. The Morgan fingerprint density at radius 1 is 1.05 bits per heavy atom. The Bertz CT molecular complexity index is 536. The molecule has 20 heavy (non-hydrogen) atoms. The summed E-state index contributed by atoms with van der Waals surface area (Å²) in [6.45, 7) is 5.28. The van der Waals surface area contributed by atoms with Gasteiger partial charge in [0.2, 0.25) is 0 Å². The molecule has 0 aliphatic carbocycles. The Morgan fingerprint density at radius 2 is 1.80 bits per heavy atom. The minimum absolute atomic E-state index is 0.194. The summed E-state index contributed by atoms with van der Waals surface area (Å²) in [6, 6.07) is 17.0. The van der Waals surface area contributed by atoms with Gasteiger partial charge in [-0.25, -0.2) is 0 Å². The van der Waals surface area contributed by atoms with Gasteiger partial charge < -0.3 is 10.4 Å². The molecule has 1 unspecified atom stereocenters. The average molecular weight is 269 g/mol. The molecule has 2 nitrogen and oxygen atoms in total. The monoisotopic (exact) mass is 269 g/mol. The van der Waals surface area contributed by atoms with Crippen LogP contribution >= 0.6 is 0 Å². The van der Waals surface area contributed by atoms with E-state index in [4.69, 9.17) is 0 Å². The summed E-state index contributed by atoms with van der Waals surface area (Å²) in [5, 5.41) is 12.8. The summed E-state index contributed by atoms with van der Waals surface area (Å²) in [5.74, 6) is 0. The molecule has 2 heteroatoms. The van der Waals surface area contributed by atoms with E-state index in [0.29, 0.717) is 0 Å². The van der Waals surface area contributed by atoms with Crippen molar-refractivity contribution in [1.82, 2.24) is 5.32 Å². The normalized spacial score (nSPS) is 12.3. The molecule has 2 aromatic rings. The van der Waals surface area contributed by atoms with Crippen molar-refractivity contribution in [2.75, 3.05) is 6.61 Å². The molecule has 2 rings (SSSR count). The highest BCUT2D eigenvalue weighted by atomic mass is 16.3. The molecule has 2 aromatic carbocycles. The highest BCUT2D eigenvalue weighted by molar-refractivity contribution is 5.30. The van der Waals surface area contributed by atoms with E-state index in [-0.39, 0.29) is 12.6 Å². The fourth-order valence-electron chi connectivity index (χ4n) is 2.42. The Balaban J connectivity index is 2.07. The van der Waals surface area contributed by atoms with Crippen LogP contribution in [0.3, 0.4) is 0 Å². The predicted molar refractivity (Wildman–Crippen MR) is 83.6 cm³/mol. The van der Waals surface area contributed by atoms with Gasteiger partial charge in [-0.15, -0.1) is 0 Å². The van der Waals surface area contributed by atoms with Gasteiger partial charge in [0.15, 0.2) is 0 Å². The highest BCUT2D eigenvalue weighted by Gasteiger charge is 2.10. The number of aliphatic hydroxyl groups is 1. The number of aryl methyl sites for hydroxylation is 2. The fourth-order valence-corrected chi connectivity index (χ4v) is 2.42. The van der Waals surface area contributed by atoms with E-state index in [1.165, 1.54) is 22.3 Å². The highest BCUT2D eigenvalue weighted by Crippen LogP contribution is 2.18. The maximum atomic E-state index is 9.25. The van der Waals surface area contributed by atoms with Crippen molar-refractivity contribution >= 4 is 0 Å². The molecule has 0 spiro atoms. The van der Waals surface area contributed by atoms with Crippen LogP contribution in [0.1, 0.15) is 34.7 Å². The minimum Gasteiger partial charge on any atom is -0.396 e. The quantitative estimate of drug-likeness (QED) is 0.841. The van der Waals surface area contributed by atoms with Crippen LogP contribution in [0.5, 0.6) is 0 Å². The maximum Gasteiger partial charge on any atom is 0.0449 e. The zero-order valence-corrected chi connectivity index (χ0v) is 12.3. The number of aliphatic hydroxyl groups excluding tert-OH is 1.